The number of alkyl halides is 3. The fourth-order valence-corrected chi connectivity index (χ4v) is 0.960. The highest BCUT2D eigenvalue weighted by Crippen LogP contribution is 2.18. The third kappa shape index (κ3) is 3.99. The van der Waals surface area contributed by atoms with Gasteiger partial charge in [-0.2, -0.15) is 0 Å². The molecule has 0 aliphatic rings. The van der Waals surface area contributed by atoms with Gasteiger partial charge in [0, 0.05) is 5.41 Å². The summed E-state index contributed by atoms with van der Waals surface area (Å²) in [4.78, 5) is 0. The molecule has 0 aromatic carbocycles. The van der Waals surface area contributed by atoms with E-state index in [1.807, 2.05) is 4.72 Å². The maximum atomic E-state index is 11.5. The molecule has 0 aromatic heterocycles. The van der Waals surface area contributed by atoms with Crippen molar-refractivity contribution < 1.29 is 17.4 Å². The van der Waals surface area contributed by atoms with E-state index in [2.05, 4.69) is 10.9 Å². The number of hydrogen-bond donors (Lipinski definition) is 1. The largest absolute Gasteiger partial charge is 0.512 e. The number of nitrogens with zero attached hydrogens (tertiary/aromatic N) is 1. The van der Waals surface area contributed by atoms with Gasteiger partial charge in [-0.05, 0) is 7.05 Å². The molecule has 0 saturated heterocycles. The Balaban J connectivity index is 4.93. The molecule has 0 spiro atoms. The molecular formula is C4H7F3N2OS. The molecule has 0 bridgehead atoms. The molecule has 1 unspecified atom stereocenters. The summed E-state index contributed by atoms with van der Waals surface area (Å²) in [6.45, 7) is 2.96. The predicted molar refractivity (Wildman–Crippen MR) is 35.9 cm³/mol. The third-order valence-electron chi connectivity index (χ3n) is 0.758. The molecule has 0 saturated carbocycles. The molecule has 0 heterocycles. The highest BCUT2D eigenvalue weighted by atomic mass is 32.2. The average molecular weight is 188 g/mol. The SMILES string of the molecule is C=CS(=O)(=NC(F)(F)F)NC. The molecule has 0 aliphatic heterocycles. The van der Waals surface area contributed by atoms with E-state index >= 15 is 0 Å². The van der Waals surface area contributed by atoms with Crippen LogP contribution in [-0.4, -0.2) is 17.6 Å². The average Bonchev–Trinajstić information content (AvgIpc) is 1.84. The van der Waals surface area contributed by atoms with Crippen molar-refractivity contribution in [2.75, 3.05) is 7.05 Å². The van der Waals surface area contributed by atoms with E-state index < -0.39 is 16.2 Å². The van der Waals surface area contributed by atoms with Gasteiger partial charge < -0.3 is 0 Å². The first kappa shape index (κ1) is 10.4. The monoisotopic (exact) mass is 188 g/mol. The Bertz CT molecular complexity index is 251. The van der Waals surface area contributed by atoms with Gasteiger partial charge in [0.05, 0.1) is 0 Å². The highest BCUT2D eigenvalue weighted by molar-refractivity contribution is 7.94. The molecular weight excluding hydrogens is 181 g/mol. The van der Waals surface area contributed by atoms with Gasteiger partial charge in [-0.25, -0.2) is 8.93 Å². The van der Waals surface area contributed by atoms with Gasteiger partial charge in [0.1, 0.15) is 9.92 Å². The number of nitrogens with one attached hydrogen (secondary N) is 1. The molecule has 11 heavy (non-hydrogen) atoms. The van der Waals surface area contributed by atoms with Crippen molar-refractivity contribution in [1.29, 1.82) is 0 Å². The molecule has 0 radical (unpaired) electrons. The number of halogens is 3. The van der Waals surface area contributed by atoms with Crippen molar-refractivity contribution in [3.63, 3.8) is 0 Å². The van der Waals surface area contributed by atoms with Crippen LogP contribution in [-0.2, 0) is 9.92 Å². The molecule has 0 amide bonds. The van der Waals surface area contributed by atoms with E-state index in [-0.39, 0.29) is 0 Å². The zero-order valence-electron chi connectivity index (χ0n) is 5.68. The summed E-state index contributed by atoms with van der Waals surface area (Å²) in [5.74, 6) is 0. The van der Waals surface area contributed by atoms with Crippen LogP contribution in [0.5, 0.6) is 0 Å². The Morgan fingerprint density at radius 1 is 1.64 bits per heavy atom. The van der Waals surface area contributed by atoms with Crippen LogP contribution in [0.15, 0.2) is 16.3 Å². The molecule has 0 aliphatic carbocycles. The Kier molecular flexibility index (Phi) is 3.06. The lowest BCUT2D eigenvalue weighted by molar-refractivity contribution is -0.117. The lowest BCUT2D eigenvalue weighted by Gasteiger charge is -2.03. The van der Waals surface area contributed by atoms with Crippen LogP contribution in [0, 0.1) is 0 Å². The van der Waals surface area contributed by atoms with Crippen LogP contribution in [0.1, 0.15) is 0 Å². The highest BCUT2D eigenvalue weighted by Gasteiger charge is 2.28. The van der Waals surface area contributed by atoms with Gasteiger partial charge >= 0.3 is 6.30 Å². The van der Waals surface area contributed by atoms with Crippen LogP contribution in [0.4, 0.5) is 13.2 Å². The summed E-state index contributed by atoms with van der Waals surface area (Å²) < 4.78 is 49.3. The fraction of sp³-hybridized carbons (Fsp3) is 0.500. The second-order valence-electron chi connectivity index (χ2n) is 1.50. The number of hydrogen-bond acceptors (Lipinski definition) is 2. The van der Waals surface area contributed by atoms with Crippen molar-refractivity contribution in [2.45, 2.75) is 6.30 Å². The van der Waals surface area contributed by atoms with E-state index in [4.69, 9.17) is 0 Å². The first-order valence-electron chi connectivity index (χ1n) is 2.49. The quantitative estimate of drug-likeness (QED) is 0.651. The van der Waals surface area contributed by atoms with Crippen molar-refractivity contribution >= 4 is 9.92 Å². The lowest BCUT2D eigenvalue weighted by atomic mass is 11.3. The van der Waals surface area contributed by atoms with Crippen LogP contribution >= 0.6 is 0 Å². The number of rotatable bonds is 2. The molecule has 1 atom stereocenters. The van der Waals surface area contributed by atoms with Crippen molar-refractivity contribution in [1.82, 2.24) is 4.72 Å². The Hall–Kier alpha value is -0.560. The van der Waals surface area contributed by atoms with E-state index in [9.17, 15) is 17.4 Å². The minimum absolute atomic E-state index is 0.625. The summed E-state index contributed by atoms with van der Waals surface area (Å²) in [7, 11) is -2.40. The molecule has 0 aromatic rings. The van der Waals surface area contributed by atoms with Gasteiger partial charge in [0.2, 0.25) is 0 Å². The molecule has 1 N–H and O–H groups in total. The van der Waals surface area contributed by atoms with Gasteiger partial charge in [-0.3, -0.25) is 0 Å². The standard InChI is InChI=1S/C4H7F3N2OS/c1-3-11(10,8-2)9-4(5,6)7/h3H,1H2,2H3,(H,8,9,10). The lowest BCUT2D eigenvalue weighted by Crippen LogP contribution is -2.19. The second-order valence-corrected chi connectivity index (χ2v) is 3.56. The van der Waals surface area contributed by atoms with Crippen LogP contribution < -0.4 is 4.72 Å². The summed E-state index contributed by atoms with van der Waals surface area (Å²) >= 11 is 0. The first-order valence-corrected chi connectivity index (χ1v) is 4.07. The predicted octanol–water partition coefficient (Wildman–Crippen LogP) is 1.25. The van der Waals surface area contributed by atoms with E-state index in [0.29, 0.717) is 5.41 Å². The Morgan fingerprint density at radius 3 is 2.18 bits per heavy atom. The topological polar surface area (TPSA) is 41.5 Å². The van der Waals surface area contributed by atoms with Crippen LogP contribution in [0.2, 0.25) is 0 Å². The van der Waals surface area contributed by atoms with Gasteiger partial charge in [0.25, 0.3) is 0 Å². The van der Waals surface area contributed by atoms with Crippen LogP contribution in [0.25, 0.3) is 0 Å². The minimum Gasteiger partial charge on any atom is -0.231 e. The molecule has 3 nitrogen and oxygen atoms in total. The molecule has 66 valence electrons. The molecule has 0 fully saturated rings. The van der Waals surface area contributed by atoms with Crippen molar-refractivity contribution in [3.05, 3.63) is 12.0 Å². The zero-order chi connectivity index (χ0) is 9.12. The second kappa shape index (κ2) is 3.22. The molecule has 0 rings (SSSR count). The Labute approximate surface area is 62.6 Å². The van der Waals surface area contributed by atoms with E-state index in [1.54, 1.807) is 0 Å². The van der Waals surface area contributed by atoms with Gasteiger partial charge in [0.15, 0.2) is 0 Å². The van der Waals surface area contributed by atoms with E-state index in [0.717, 1.165) is 7.05 Å². The molecule has 7 heteroatoms. The van der Waals surface area contributed by atoms with E-state index in [1.165, 1.54) is 0 Å². The third-order valence-corrected chi connectivity index (χ3v) is 2.27. The van der Waals surface area contributed by atoms with Crippen molar-refractivity contribution in [3.8, 4) is 0 Å². The zero-order valence-corrected chi connectivity index (χ0v) is 6.50. The maximum absolute atomic E-state index is 11.5. The van der Waals surface area contributed by atoms with Gasteiger partial charge in [-0.1, -0.05) is 6.58 Å². The van der Waals surface area contributed by atoms with Crippen LogP contribution in [0.3, 0.4) is 0 Å². The summed E-state index contributed by atoms with van der Waals surface area (Å²) in [5, 5.41) is 0.625. The smallest absolute Gasteiger partial charge is 0.231 e. The minimum atomic E-state index is -4.80. The van der Waals surface area contributed by atoms with Crippen molar-refractivity contribution in [2.24, 2.45) is 4.36 Å². The summed E-state index contributed by atoms with van der Waals surface area (Å²) in [6.07, 6.45) is -4.80. The maximum Gasteiger partial charge on any atom is 0.512 e. The van der Waals surface area contributed by atoms with Gasteiger partial charge in [-0.15, -0.1) is 17.5 Å². The normalized spacial score (nSPS) is 17.1. The summed E-state index contributed by atoms with van der Waals surface area (Å²) in [6, 6.07) is 0. The summed E-state index contributed by atoms with van der Waals surface area (Å²) in [5.41, 5.74) is 0. The fourth-order valence-electron chi connectivity index (χ4n) is 0.320. The Morgan fingerprint density at radius 2 is 2.09 bits per heavy atom. The first-order chi connectivity index (χ1) is 4.83.